The number of piperidine rings is 1. The van der Waals surface area contributed by atoms with E-state index >= 15 is 0 Å². The number of aromatic nitrogens is 2. The van der Waals surface area contributed by atoms with Crippen molar-refractivity contribution in [1.82, 2.24) is 19.8 Å². The number of carbonyl (C=O) groups is 2. The van der Waals surface area contributed by atoms with Crippen LogP contribution in [0.2, 0.25) is 5.02 Å². The number of rotatable bonds is 6. The highest BCUT2D eigenvalue weighted by atomic mass is 35.5. The van der Waals surface area contributed by atoms with Crippen molar-refractivity contribution in [1.29, 1.82) is 0 Å². The number of halogens is 1. The van der Waals surface area contributed by atoms with Gasteiger partial charge in [0.2, 0.25) is 11.9 Å². The average Bonchev–Trinajstić information content (AvgIpc) is 3.26. The van der Waals surface area contributed by atoms with Crippen LogP contribution in [0, 0.1) is 5.92 Å². The molecule has 7 nitrogen and oxygen atoms in total. The summed E-state index contributed by atoms with van der Waals surface area (Å²) in [7, 11) is 1.87. The van der Waals surface area contributed by atoms with E-state index in [9.17, 15) is 9.59 Å². The van der Waals surface area contributed by atoms with Crippen molar-refractivity contribution >= 4 is 29.4 Å². The quantitative estimate of drug-likeness (QED) is 0.725. The van der Waals surface area contributed by atoms with Gasteiger partial charge in [-0.05, 0) is 32.1 Å². The van der Waals surface area contributed by atoms with Crippen molar-refractivity contribution in [3.05, 3.63) is 16.9 Å². The zero-order valence-electron chi connectivity index (χ0n) is 16.9. The molecule has 3 rings (SSSR count). The van der Waals surface area contributed by atoms with Gasteiger partial charge in [0, 0.05) is 45.7 Å². The summed E-state index contributed by atoms with van der Waals surface area (Å²) in [6.45, 7) is 5.84. The van der Waals surface area contributed by atoms with Gasteiger partial charge in [0.1, 0.15) is 0 Å². The second kappa shape index (κ2) is 9.54. The lowest BCUT2D eigenvalue weighted by Gasteiger charge is -2.33. The number of likely N-dealkylation sites (tertiary alicyclic amines) is 1. The second-order valence-electron chi connectivity index (χ2n) is 7.74. The Morgan fingerprint density at radius 1 is 1.21 bits per heavy atom. The van der Waals surface area contributed by atoms with E-state index in [-0.39, 0.29) is 28.4 Å². The summed E-state index contributed by atoms with van der Waals surface area (Å²) in [6, 6.07) is 0. The number of hydrogen-bond donors (Lipinski definition) is 0. The number of amides is 2. The molecule has 0 unspecified atom stereocenters. The fraction of sp³-hybridized carbons (Fsp3) is 0.700. The first-order chi connectivity index (χ1) is 13.5. The van der Waals surface area contributed by atoms with E-state index in [1.807, 2.05) is 11.9 Å². The van der Waals surface area contributed by atoms with E-state index in [2.05, 4.69) is 21.8 Å². The molecule has 8 heteroatoms. The van der Waals surface area contributed by atoms with Gasteiger partial charge in [0.05, 0.1) is 11.2 Å². The van der Waals surface area contributed by atoms with Crippen LogP contribution in [0.15, 0.2) is 6.20 Å². The van der Waals surface area contributed by atoms with E-state index in [0.717, 1.165) is 45.3 Å². The third-order valence-corrected chi connectivity index (χ3v) is 5.95. The van der Waals surface area contributed by atoms with Crippen molar-refractivity contribution in [3.63, 3.8) is 0 Å². The van der Waals surface area contributed by atoms with Crippen molar-refractivity contribution < 1.29 is 9.59 Å². The Balaban J connectivity index is 1.60. The molecule has 0 spiro atoms. The molecule has 28 heavy (non-hydrogen) atoms. The summed E-state index contributed by atoms with van der Waals surface area (Å²) in [5.41, 5.74) is 0.267. The molecular formula is C20H30ClN5O2. The molecule has 0 bridgehead atoms. The van der Waals surface area contributed by atoms with Crippen LogP contribution in [0.3, 0.4) is 0 Å². The summed E-state index contributed by atoms with van der Waals surface area (Å²) in [5.74, 6) is 0.592. The van der Waals surface area contributed by atoms with Gasteiger partial charge in [0.25, 0.3) is 5.91 Å². The van der Waals surface area contributed by atoms with Crippen molar-refractivity contribution in [2.24, 2.45) is 5.92 Å². The number of carbonyl (C=O) groups excluding carboxylic acids is 2. The molecule has 2 saturated heterocycles. The van der Waals surface area contributed by atoms with Gasteiger partial charge in [-0.2, -0.15) is 0 Å². The molecule has 2 amide bonds. The topological polar surface area (TPSA) is 69.6 Å². The minimum absolute atomic E-state index is 0.00746. The fourth-order valence-electron chi connectivity index (χ4n) is 3.87. The van der Waals surface area contributed by atoms with E-state index in [0.29, 0.717) is 31.9 Å². The van der Waals surface area contributed by atoms with Gasteiger partial charge >= 0.3 is 0 Å². The molecule has 0 N–H and O–H groups in total. The van der Waals surface area contributed by atoms with Gasteiger partial charge in [-0.3, -0.25) is 9.59 Å². The van der Waals surface area contributed by atoms with Crippen LogP contribution in [0.25, 0.3) is 0 Å². The van der Waals surface area contributed by atoms with Crippen molar-refractivity contribution in [2.75, 3.05) is 44.7 Å². The summed E-state index contributed by atoms with van der Waals surface area (Å²) >= 11 is 6.23. The lowest BCUT2D eigenvalue weighted by molar-refractivity contribution is -0.135. The molecule has 0 atom stereocenters. The molecule has 1 aromatic rings. The molecule has 2 aliphatic heterocycles. The van der Waals surface area contributed by atoms with Gasteiger partial charge in [-0.1, -0.05) is 24.9 Å². The first kappa shape index (κ1) is 20.8. The normalized spacial score (nSPS) is 17.8. The molecule has 0 aromatic carbocycles. The summed E-state index contributed by atoms with van der Waals surface area (Å²) < 4.78 is 0. The number of nitrogens with zero attached hydrogens (tertiary/aromatic N) is 5. The van der Waals surface area contributed by atoms with Crippen LogP contribution < -0.4 is 4.90 Å². The van der Waals surface area contributed by atoms with E-state index in [1.165, 1.54) is 6.20 Å². The SMILES string of the molecule is CCCCN(C)C(=O)C1CCN(C(=O)c2nc(N3CCCC3)ncc2Cl)CC1. The molecule has 2 aliphatic rings. The predicted molar refractivity (Wildman–Crippen MR) is 110 cm³/mol. The Bertz CT molecular complexity index is 700. The molecule has 2 fully saturated rings. The number of hydrogen-bond acceptors (Lipinski definition) is 5. The maximum Gasteiger partial charge on any atom is 0.274 e. The first-order valence-electron chi connectivity index (χ1n) is 10.3. The second-order valence-corrected chi connectivity index (χ2v) is 8.15. The van der Waals surface area contributed by atoms with Crippen molar-refractivity contribution in [2.45, 2.75) is 45.4 Å². The maximum atomic E-state index is 13.0. The summed E-state index contributed by atoms with van der Waals surface area (Å²) in [5, 5.41) is 0.283. The van der Waals surface area contributed by atoms with Crippen LogP contribution in [0.5, 0.6) is 0 Å². The largest absolute Gasteiger partial charge is 0.346 e. The maximum absolute atomic E-state index is 13.0. The lowest BCUT2D eigenvalue weighted by Crippen LogP contribution is -2.44. The molecule has 0 radical (unpaired) electrons. The van der Waals surface area contributed by atoms with E-state index in [4.69, 9.17) is 11.6 Å². The third-order valence-electron chi connectivity index (χ3n) is 5.68. The smallest absolute Gasteiger partial charge is 0.274 e. The minimum Gasteiger partial charge on any atom is -0.346 e. The predicted octanol–water partition coefficient (Wildman–Crippen LogP) is 2.84. The Labute approximate surface area is 172 Å². The van der Waals surface area contributed by atoms with Gasteiger partial charge in [-0.25, -0.2) is 9.97 Å². The minimum atomic E-state index is -0.168. The highest BCUT2D eigenvalue weighted by Gasteiger charge is 2.31. The zero-order valence-corrected chi connectivity index (χ0v) is 17.6. The van der Waals surface area contributed by atoms with Crippen LogP contribution in [-0.4, -0.2) is 71.4 Å². The Morgan fingerprint density at radius 2 is 1.89 bits per heavy atom. The standard InChI is InChI=1S/C20H30ClN5O2/c1-3-4-9-24(2)18(27)15-7-12-25(13-8-15)19(28)17-16(21)14-22-20(23-17)26-10-5-6-11-26/h14-15H,3-13H2,1-2H3. The highest BCUT2D eigenvalue weighted by molar-refractivity contribution is 6.33. The summed E-state index contributed by atoms with van der Waals surface area (Å²) in [4.78, 5) is 40.0. The molecule has 0 saturated carbocycles. The van der Waals surface area contributed by atoms with Crippen LogP contribution in [-0.2, 0) is 4.79 Å². The van der Waals surface area contributed by atoms with E-state index < -0.39 is 0 Å². The fourth-order valence-corrected chi connectivity index (χ4v) is 4.05. The third kappa shape index (κ3) is 4.74. The first-order valence-corrected chi connectivity index (χ1v) is 10.7. The molecule has 0 aliphatic carbocycles. The lowest BCUT2D eigenvalue weighted by atomic mass is 9.95. The van der Waals surface area contributed by atoms with E-state index in [1.54, 1.807) is 4.90 Å². The average molecular weight is 408 g/mol. The monoisotopic (exact) mass is 407 g/mol. The Morgan fingerprint density at radius 3 is 2.54 bits per heavy atom. The van der Waals surface area contributed by atoms with Crippen LogP contribution in [0.1, 0.15) is 55.9 Å². The van der Waals surface area contributed by atoms with Gasteiger partial charge < -0.3 is 14.7 Å². The Hall–Kier alpha value is -1.89. The zero-order chi connectivity index (χ0) is 20.1. The number of unbranched alkanes of at least 4 members (excludes halogenated alkanes) is 1. The molecule has 1 aromatic heterocycles. The molecular weight excluding hydrogens is 378 g/mol. The Kier molecular flexibility index (Phi) is 7.10. The summed E-state index contributed by atoms with van der Waals surface area (Å²) in [6.07, 6.45) is 7.21. The molecule has 3 heterocycles. The highest BCUT2D eigenvalue weighted by Crippen LogP contribution is 2.24. The van der Waals surface area contributed by atoms with Gasteiger partial charge in [0.15, 0.2) is 5.69 Å². The number of anilines is 1. The van der Waals surface area contributed by atoms with Crippen molar-refractivity contribution in [3.8, 4) is 0 Å². The molecule has 154 valence electrons. The van der Waals surface area contributed by atoms with Crippen LogP contribution in [0.4, 0.5) is 5.95 Å². The van der Waals surface area contributed by atoms with Crippen LogP contribution >= 0.6 is 11.6 Å². The van der Waals surface area contributed by atoms with Gasteiger partial charge in [-0.15, -0.1) is 0 Å².